The van der Waals surface area contributed by atoms with Crippen molar-refractivity contribution in [1.29, 1.82) is 0 Å². The van der Waals surface area contributed by atoms with Gasteiger partial charge < -0.3 is 14.5 Å². The zero-order valence-electron chi connectivity index (χ0n) is 10.4. The molecule has 1 aromatic rings. The Balaban J connectivity index is 1.57. The van der Waals surface area contributed by atoms with E-state index in [2.05, 4.69) is 26.8 Å². The number of aromatic nitrogens is 2. The van der Waals surface area contributed by atoms with Gasteiger partial charge in [-0.2, -0.15) is 0 Å². The minimum atomic E-state index is 0.665. The lowest BCUT2D eigenvalue weighted by molar-refractivity contribution is 0.145. The third-order valence-corrected chi connectivity index (χ3v) is 3.02. The molecule has 1 fully saturated rings. The van der Waals surface area contributed by atoms with E-state index in [1.54, 1.807) is 12.3 Å². The molecule has 0 aliphatic carbocycles. The molecule has 0 spiro atoms. The SMILES string of the molecule is CN1CCN(CCCOc2ccncn2)CC1. The average Bonchev–Trinajstić information content (AvgIpc) is 2.38. The maximum atomic E-state index is 5.53. The van der Waals surface area contributed by atoms with Crippen LogP contribution in [-0.2, 0) is 0 Å². The van der Waals surface area contributed by atoms with E-state index in [4.69, 9.17) is 4.74 Å². The van der Waals surface area contributed by atoms with Crippen molar-refractivity contribution in [2.45, 2.75) is 6.42 Å². The number of nitrogens with zero attached hydrogens (tertiary/aromatic N) is 4. The van der Waals surface area contributed by atoms with Gasteiger partial charge in [0.05, 0.1) is 6.61 Å². The fraction of sp³-hybridized carbons (Fsp3) is 0.667. The number of likely N-dealkylation sites (N-methyl/N-ethyl adjacent to an activating group) is 1. The van der Waals surface area contributed by atoms with E-state index in [1.807, 2.05) is 0 Å². The van der Waals surface area contributed by atoms with Crippen molar-refractivity contribution >= 4 is 0 Å². The van der Waals surface area contributed by atoms with Crippen molar-refractivity contribution < 1.29 is 4.74 Å². The van der Waals surface area contributed by atoms with E-state index < -0.39 is 0 Å². The number of rotatable bonds is 5. The predicted octanol–water partition coefficient (Wildman–Crippen LogP) is 0.493. The van der Waals surface area contributed by atoms with Gasteiger partial charge in [0.25, 0.3) is 0 Å². The topological polar surface area (TPSA) is 41.5 Å². The summed E-state index contributed by atoms with van der Waals surface area (Å²) in [6, 6.07) is 1.79. The molecule has 1 aromatic heterocycles. The first-order valence-corrected chi connectivity index (χ1v) is 6.14. The highest BCUT2D eigenvalue weighted by molar-refractivity contribution is 5.03. The predicted molar refractivity (Wildman–Crippen MR) is 66.1 cm³/mol. The fourth-order valence-electron chi connectivity index (χ4n) is 1.90. The number of hydrogen-bond acceptors (Lipinski definition) is 5. The van der Waals surface area contributed by atoms with Crippen molar-refractivity contribution in [1.82, 2.24) is 19.8 Å². The second-order valence-corrected chi connectivity index (χ2v) is 4.39. The Morgan fingerprint density at radius 1 is 1.29 bits per heavy atom. The number of hydrogen-bond donors (Lipinski definition) is 0. The third-order valence-electron chi connectivity index (χ3n) is 3.02. The van der Waals surface area contributed by atoms with E-state index in [0.717, 1.165) is 19.6 Å². The highest BCUT2D eigenvalue weighted by Crippen LogP contribution is 2.03. The summed E-state index contributed by atoms with van der Waals surface area (Å²) in [5.41, 5.74) is 0. The fourth-order valence-corrected chi connectivity index (χ4v) is 1.90. The summed E-state index contributed by atoms with van der Waals surface area (Å²) in [5.74, 6) is 0.665. The van der Waals surface area contributed by atoms with Gasteiger partial charge in [0.2, 0.25) is 5.88 Å². The molecule has 94 valence electrons. The summed E-state index contributed by atoms with van der Waals surface area (Å²) in [6.45, 7) is 6.52. The van der Waals surface area contributed by atoms with Gasteiger partial charge in [-0.05, 0) is 13.5 Å². The average molecular weight is 236 g/mol. The van der Waals surface area contributed by atoms with Crippen LogP contribution >= 0.6 is 0 Å². The third kappa shape index (κ3) is 4.28. The minimum Gasteiger partial charge on any atom is -0.478 e. The van der Waals surface area contributed by atoms with Crippen LogP contribution in [0.15, 0.2) is 18.6 Å². The van der Waals surface area contributed by atoms with E-state index in [0.29, 0.717) is 5.88 Å². The second kappa shape index (κ2) is 6.51. The Kier molecular flexibility index (Phi) is 4.70. The summed E-state index contributed by atoms with van der Waals surface area (Å²) >= 11 is 0. The Morgan fingerprint density at radius 2 is 2.12 bits per heavy atom. The highest BCUT2D eigenvalue weighted by Gasteiger charge is 2.12. The summed E-state index contributed by atoms with van der Waals surface area (Å²) < 4.78 is 5.53. The van der Waals surface area contributed by atoms with Gasteiger partial charge in [0, 0.05) is 45.0 Å². The lowest BCUT2D eigenvalue weighted by Crippen LogP contribution is -2.44. The van der Waals surface area contributed by atoms with Gasteiger partial charge in [-0.25, -0.2) is 9.97 Å². The first kappa shape index (κ1) is 12.3. The molecule has 0 amide bonds. The largest absolute Gasteiger partial charge is 0.478 e. The van der Waals surface area contributed by atoms with Gasteiger partial charge in [-0.3, -0.25) is 0 Å². The van der Waals surface area contributed by atoms with Crippen molar-refractivity contribution in [2.75, 3.05) is 46.4 Å². The van der Waals surface area contributed by atoms with Crippen molar-refractivity contribution in [3.63, 3.8) is 0 Å². The lowest BCUT2D eigenvalue weighted by Gasteiger charge is -2.32. The first-order valence-electron chi connectivity index (χ1n) is 6.14. The zero-order valence-corrected chi connectivity index (χ0v) is 10.4. The molecule has 0 aromatic carbocycles. The van der Waals surface area contributed by atoms with Crippen LogP contribution in [0.5, 0.6) is 5.88 Å². The van der Waals surface area contributed by atoms with E-state index in [1.165, 1.54) is 32.5 Å². The van der Waals surface area contributed by atoms with Crippen LogP contribution in [0.1, 0.15) is 6.42 Å². The molecular formula is C12H20N4O. The standard InChI is InChI=1S/C12H20N4O/c1-15-6-8-16(9-7-15)5-2-10-17-12-3-4-13-11-14-12/h3-4,11H,2,5-10H2,1H3. The summed E-state index contributed by atoms with van der Waals surface area (Å²) in [7, 11) is 2.18. The van der Waals surface area contributed by atoms with Crippen LogP contribution in [0.2, 0.25) is 0 Å². The monoisotopic (exact) mass is 236 g/mol. The quantitative estimate of drug-likeness (QED) is 0.696. The summed E-state index contributed by atoms with van der Waals surface area (Å²) in [5, 5.41) is 0. The molecule has 2 heterocycles. The molecule has 0 atom stereocenters. The molecule has 5 nitrogen and oxygen atoms in total. The molecule has 2 rings (SSSR count). The smallest absolute Gasteiger partial charge is 0.216 e. The van der Waals surface area contributed by atoms with Crippen molar-refractivity contribution in [3.8, 4) is 5.88 Å². The van der Waals surface area contributed by atoms with Crippen LogP contribution in [-0.4, -0.2) is 66.1 Å². The normalized spacial score (nSPS) is 18.2. The molecule has 5 heteroatoms. The van der Waals surface area contributed by atoms with Gasteiger partial charge in [-0.1, -0.05) is 0 Å². The minimum absolute atomic E-state index is 0.665. The molecule has 1 aliphatic heterocycles. The van der Waals surface area contributed by atoms with Crippen LogP contribution in [0.4, 0.5) is 0 Å². The lowest BCUT2D eigenvalue weighted by atomic mass is 10.3. The number of piperazine rings is 1. The molecule has 0 radical (unpaired) electrons. The Labute approximate surface area is 102 Å². The summed E-state index contributed by atoms with van der Waals surface area (Å²) in [4.78, 5) is 12.7. The molecule has 1 aliphatic rings. The Morgan fingerprint density at radius 3 is 2.82 bits per heavy atom. The van der Waals surface area contributed by atoms with E-state index in [9.17, 15) is 0 Å². The molecule has 0 N–H and O–H groups in total. The van der Waals surface area contributed by atoms with Gasteiger partial charge in [-0.15, -0.1) is 0 Å². The van der Waals surface area contributed by atoms with Crippen LogP contribution < -0.4 is 4.74 Å². The van der Waals surface area contributed by atoms with E-state index >= 15 is 0 Å². The van der Waals surface area contributed by atoms with Crippen LogP contribution in [0.3, 0.4) is 0 Å². The van der Waals surface area contributed by atoms with Gasteiger partial charge in [0.1, 0.15) is 6.33 Å². The van der Waals surface area contributed by atoms with Gasteiger partial charge in [0.15, 0.2) is 0 Å². The number of ether oxygens (including phenoxy) is 1. The molecule has 0 bridgehead atoms. The Bertz CT molecular complexity index is 312. The Hall–Kier alpha value is -1.20. The van der Waals surface area contributed by atoms with Crippen molar-refractivity contribution in [3.05, 3.63) is 18.6 Å². The molecule has 0 unspecified atom stereocenters. The second-order valence-electron chi connectivity index (χ2n) is 4.39. The maximum Gasteiger partial charge on any atom is 0.216 e. The molecule has 17 heavy (non-hydrogen) atoms. The van der Waals surface area contributed by atoms with Gasteiger partial charge >= 0.3 is 0 Å². The zero-order chi connectivity index (χ0) is 11.9. The van der Waals surface area contributed by atoms with Crippen LogP contribution in [0, 0.1) is 0 Å². The first-order chi connectivity index (χ1) is 8.34. The molecule has 1 saturated heterocycles. The molecular weight excluding hydrogens is 216 g/mol. The van der Waals surface area contributed by atoms with Crippen molar-refractivity contribution in [2.24, 2.45) is 0 Å². The van der Waals surface area contributed by atoms with E-state index in [-0.39, 0.29) is 0 Å². The molecule has 0 saturated carbocycles. The van der Waals surface area contributed by atoms with Crippen LogP contribution in [0.25, 0.3) is 0 Å². The highest BCUT2D eigenvalue weighted by atomic mass is 16.5. The summed E-state index contributed by atoms with van der Waals surface area (Å²) in [6.07, 6.45) is 4.26. The maximum absolute atomic E-state index is 5.53.